The molecule has 2 unspecified atom stereocenters. The van der Waals surface area contributed by atoms with E-state index in [1.165, 1.54) is 28.0 Å². The number of carbonyl (C=O) groups is 2. The number of carbonyl (C=O) groups excluding carboxylic acids is 2. The van der Waals surface area contributed by atoms with E-state index in [1.807, 2.05) is 5.38 Å². The van der Waals surface area contributed by atoms with Crippen LogP contribution in [0.5, 0.6) is 0 Å². The number of fused-ring (bicyclic) bond motifs is 2. The topological polar surface area (TPSA) is 59.1 Å². The van der Waals surface area contributed by atoms with Crippen molar-refractivity contribution in [1.82, 2.24) is 4.98 Å². The van der Waals surface area contributed by atoms with Crippen LogP contribution in [0, 0.1) is 38.5 Å². The van der Waals surface area contributed by atoms with E-state index < -0.39 is 0 Å². The molecule has 0 saturated heterocycles. The Hall–Kier alpha value is -2.01. The highest BCUT2D eigenvalue weighted by Crippen LogP contribution is 2.40. The lowest BCUT2D eigenvalue weighted by molar-refractivity contribution is -0.136. The molecule has 1 aromatic carbocycles. The van der Waals surface area contributed by atoms with Crippen LogP contribution in [-0.2, 0) is 9.59 Å². The number of Topliss-reactive ketones (excluding diaryl/α,β-unsaturated/α-hetero) is 1. The Morgan fingerprint density at radius 3 is 2.37 bits per heavy atom. The molecule has 2 aliphatic rings. The lowest BCUT2D eigenvalue weighted by Crippen LogP contribution is -2.40. The van der Waals surface area contributed by atoms with Crippen LogP contribution in [0.15, 0.2) is 17.5 Å². The van der Waals surface area contributed by atoms with Crippen molar-refractivity contribution >= 4 is 28.2 Å². The number of amides is 1. The quantitative estimate of drug-likeness (QED) is 0.806. The monoisotopic (exact) mass is 382 g/mol. The number of aryl methyl sites for hydroxylation is 3. The summed E-state index contributed by atoms with van der Waals surface area (Å²) in [6.45, 7) is 6.30. The van der Waals surface area contributed by atoms with Crippen LogP contribution >= 0.6 is 11.3 Å². The first-order valence-electron chi connectivity index (χ1n) is 9.80. The normalized spacial score (nSPS) is 24.7. The van der Waals surface area contributed by atoms with E-state index in [-0.39, 0.29) is 23.7 Å². The Balaban J connectivity index is 1.49. The van der Waals surface area contributed by atoms with Crippen molar-refractivity contribution in [2.45, 2.75) is 52.9 Å². The molecule has 2 saturated carbocycles. The third kappa shape index (κ3) is 3.57. The standard InChI is InChI=1S/C22H26N2O2S/c1-12-7-13(2)19(14(3)8-12)18-11-27-22(23-18)24-21(26)17-9-15-5-4-6-16(10-17)20(15)25/h7-8,11,15-17H,4-6,9-10H2,1-3H3,(H,23,24,26). The minimum absolute atomic E-state index is 0.0256. The van der Waals surface area contributed by atoms with Crippen molar-refractivity contribution in [2.75, 3.05) is 5.32 Å². The highest BCUT2D eigenvalue weighted by atomic mass is 32.1. The zero-order valence-corrected chi connectivity index (χ0v) is 17.0. The predicted molar refractivity (Wildman–Crippen MR) is 109 cm³/mol. The molecule has 2 aliphatic carbocycles. The van der Waals surface area contributed by atoms with Gasteiger partial charge < -0.3 is 5.32 Å². The summed E-state index contributed by atoms with van der Waals surface area (Å²) in [5.41, 5.74) is 5.72. The van der Waals surface area contributed by atoms with Gasteiger partial charge in [0, 0.05) is 28.7 Å². The van der Waals surface area contributed by atoms with Crippen molar-refractivity contribution in [1.29, 1.82) is 0 Å². The Morgan fingerprint density at radius 1 is 1.11 bits per heavy atom. The second-order valence-electron chi connectivity index (χ2n) is 8.20. The predicted octanol–water partition coefficient (Wildman–Crippen LogP) is 5.07. The molecule has 5 heteroatoms. The zero-order valence-electron chi connectivity index (χ0n) is 16.2. The molecule has 2 atom stereocenters. The van der Waals surface area contributed by atoms with Crippen molar-refractivity contribution in [2.24, 2.45) is 17.8 Å². The molecule has 27 heavy (non-hydrogen) atoms. The number of rotatable bonds is 3. The summed E-state index contributed by atoms with van der Waals surface area (Å²) in [5.74, 6) is 0.550. The Kier molecular flexibility index (Phi) is 4.89. The molecule has 2 bridgehead atoms. The third-order valence-corrected chi connectivity index (χ3v) is 6.84. The number of nitrogens with one attached hydrogen (secondary N) is 1. The first-order valence-corrected chi connectivity index (χ1v) is 10.7. The van der Waals surface area contributed by atoms with E-state index in [2.05, 4.69) is 43.2 Å². The maximum Gasteiger partial charge on any atom is 0.229 e. The average Bonchev–Trinajstić information content (AvgIpc) is 3.01. The van der Waals surface area contributed by atoms with Gasteiger partial charge in [-0.3, -0.25) is 9.59 Å². The van der Waals surface area contributed by atoms with Crippen molar-refractivity contribution in [3.05, 3.63) is 34.2 Å². The average molecular weight is 383 g/mol. The Morgan fingerprint density at radius 2 is 1.74 bits per heavy atom. The molecule has 142 valence electrons. The molecule has 2 aromatic rings. The molecule has 1 amide bonds. The second-order valence-corrected chi connectivity index (χ2v) is 9.05. The number of thiazole rings is 1. The highest BCUT2D eigenvalue weighted by molar-refractivity contribution is 7.14. The molecular formula is C22H26N2O2S. The molecule has 1 heterocycles. The van der Waals surface area contributed by atoms with Gasteiger partial charge in [-0.05, 0) is 57.6 Å². The van der Waals surface area contributed by atoms with E-state index >= 15 is 0 Å². The number of anilines is 1. The highest BCUT2D eigenvalue weighted by Gasteiger charge is 2.41. The van der Waals surface area contributed by atoms with Crippen molar-refractivity contribution in [3.63, 3.8) is 0 Å². The number of hydrogen-bond donors (Lipinski definition) is 1. The van der Waals surface area contributed by atoms with Gasteiger partial charge in [-0.15, -0.1) is 11.3 Å². The largest absolute Gasteiger partial charge is 0.302 e. The van der Waals surface area contributed by atoms with Gasteiger partial charge in [0.25, 0.3) is 0 Å². The molecule has 1 aromatic heterocycles. The molecule has 4 rings (SSSR count). The van der Waals surface area contributed by atoms with Crippen molar-refractivity contribution in [3.8, 4) is 11.3 Å². The van der Waals surface area contributed by atoms with E-state index in [0.717, 1.165) is 30.5 Å². The number of nitrogens with zero attached hydrogens (tertiary/aromatic N) is 1. The molecule has 4 nitrogen and oxygen atoms in total. The first kappa shape index (κ1) is 18.4. The molecule has 1 N–H and O–H groups in total. The fourth-order valence-electron chi connectivity index (χ4n) is 4.93. The Labute approximate surface area is 164 Å². The lowest BCUT2D eigenvalue weighted by atomic mass is 9.67. The molecule has 2 fully saturated rings. The minimum atomic E-state index is -0.0619. The Bertz CT molecular complexity index is 862. The minimum Gasteiger partial charge on any atom is -0.302 e. The number of ketones is 1. The summed E-state index contributed by atoms with van der Waals surface area (Å²) < 4.78 is 0. The summed E-state index contributed by atoms with van der Waals surface area (Å²) in [7, 11) is 0. The number of aromatic nitrogens is 1. The fraction of sp³-hybridized carbons (Fsp3) is 0.500. The van der Waals surface area contributed by atoms with Gasteiger partial charge in [0.2, 0.25) is 5.91 Å². The number of hydrogen-bond acceptors (Lipinski definition) is 4. The van der Waals surface area contributed by atoms with Gasteiger partial charge in [0.15, 0.2) is 5.13 Å². The summed E-state index contributed by atoms with van der Waals surface area (Å²) in [4.78, 5) is 29.7. The molecule has 0 radical (unpaired) electrons. The summed E-state index contributed by atoms with van der Waals surface area (Å²) in [5, 5.41) is 5.68. The smallest absolute Gasteiger partial charge is 0.229 e. The second kappa shape index (κ2) is 7.19. The summed E-state index contributed by atoms with van der Waals surface area (Å²) in [6.07, 6.45) is 4.44. The van der Waals surface area contributed by atoms with Crippen LogP contribution in [0.3, 0.4) is 0 Å². The first-order chi connectivity index (χ1) is 12.9. The molecule has 0 aliphatic heterocycles. The third-order valence-electron chi connectivity index (χ3n) is 6.09. The van der Waals surface area contributed by atoms with Gasteiger partial charge in [-0.25, -0.2) is 4.98 Å². The summed E-state index contributed by atoms with van der Waals surface area (Å²) in [6, 6.07) is 4.33. The van der Waals surface area contributed by atoms with E-state index in [0.29, 0.717) is 23.8 Å². The van der Waals surface area contributed by atoms with Crippen LogP contribution < -0.4 is 5.32 Å². The van der Waals surface area contributed by atoms with E-state index in [9.17, 15) is 9.59 Å². The maximum absolute atomic E-state index is 12.8. The van der Waals surface area contributed by atoms with Crippen LogP contribution in [0.25, 0.3) is 11.3 Å². The van der Waals surface area contributed by atoms with Gasteiger partial charge >= 0.3 is 0 Å². The van der Waals surface area contributed by atoms with Crippen LogP contribution in [-0.4, -0.2) is 16.7 Å². The fourth-order valence-corrected chi connectivity index (χ4v) is 5.64. The van der Waals surface area contributed by atoms with E-state index in [1.54, 1.807) is 0 Å². The SMILES string of the molecule is Cc1cc(C)c(-c2csc(NC(=O)C3CC4CCCC(C3)C4=O)n2)c(C)c1. The van der Waals surface area contributed by atoms with Gasteiger partial charge in [0.05, 0.1) is 5.69 Å². The van der Waals surface area contributed by atoms with Gasteiger partial charge in [-0.1, -0.05) is 24.1 Å². The molecule has 0 spiro atoms. The lowest BCUT2D eigenvalue weighted by Gasteiger charge is -2.36. The van der Waals surface area contributed by atoms with Gasteiger partial charge in [0.1, 0.15) is 5.78 Å². The van der Waals surface area contributed by atoms with Gasteiger partial charge in [-0.2, -0.15) is 0 Å². The maximum atomic E-state index is 12.8. The van der Waals surface area contributed by atoms with Crippen LogP contribution in [0.1, 0.15) is 48.8 Å². The van der Waals surface area contributed by atoms with Crippen LogP contribution in [0.4, 0.5) is 5.13 Å². The number of benzene rings is 1. The van der Waals surface area contributed by atoms with Crippen molar-refractivity contribution < 1.29 is 9.59 Å². The zero-order chi connectivity index (χ0) is 19.1. The van der Waals surface area contributed by atoms with E-state index in [4.69, 9.17) is 0 Å². The van der Waals surface area contributed by atoms with Crippen LogP contribution in [0.2, 0.25) is 0 Å². The summed E-state index contributed by atoms with van der Waals surface area (Å²) >= 11 is 1.47. The molecular weight excluding hydrogens is 356 g/mol.